The van der Waals surface area contributed by atoms with Gasteiger partial charge in [0.1, 0.15) is 0 Å². The number of hydrogen-bond donors (Lipinski definition) is 1. The van der Waals surface area contributed by atoms with Crippen LogP contribution in [0.4, 0.5) is 16.5 Å². The smallest absolute Gasteiger partial charge is 0.275 e. The summed E-state index contributed by atoms with van der Waals surface area (Å²) in [6, 6.07) is 10.1. The molecule has 0 aliphatic carbocycles. The Balaban J connectivity index is 1.91. The topological polar surface area (TPSA) is 62.5 Å². The zero-order chi connectivity index (χ0) is 17.3. The van der Waals surface area contributed by atoms with Gasteiger partial charge in [0.05, 0.1) is 0 Å². The molecular formula is C17H21N5OS. The molecule has 7 heteroatoms. The molecule has 0 spiro atoms. The van der Waals surface area contributed by atoms with Crippen molar-refractivity contribution in [1.82, 2.24) is 14.6 Å². The van der Waals surface area contributed by atoms with Crippen LogP contribution in [0.2, 0.25) is 0 Å². The van der Waals surface area contributed by atoms with E-state index in [0.29, 0.717) is 16.1 Å². The Hall–Kier alpha value is -2.41. The van der Waals surface area contributed by atoms with Crippen molar-refractivity contribution >= 4 is 32.8 Å². The Morgan fingerprint density at radius 1 is 1.33 bits per heavy atom. The van der Waals surface area contributed by atoms with E-state index in [1.54, 1.807) is 0 Å². The lowest BCUT2D eigenvalue weighted by Crippen LogP contribution is -2.25. The normalized spacial score (nSPS) is 11.2. The molecule has 1 aromatic carbocycles. The highest BCUT2D eigenvalue weighted by atomic mass is 32.1. The lowest BCUT2D eigenvalue weighted by molar-refractivity contribution is 0.755. The average Bonchev–Trinajstić information content (AvgIpc) is 2.97. The summed E-state index contributed by atoms with van der Waals surface area (Å²) < 4.78 is 1.34. The Morgan fingerprint density at radius 3 is 2.83 bits per heavy atom. The van der Waals surface area contributed by atoms with Crippen molar-refractivity contribution in [3.05, 3.63) is 46.4 Å². The lowest BCUT2D eigenvalue weighted by atomic mass is 10.2. The number of aryl methyl sites for hydroxylation is 1. The highest BCUT2D eigenvalue weighted by Gasteiger charge is 2.10. The zero-order valence-corrected chi connectivity index (χ0v) is 15.1. The van der Waals surface area contributed by atoms with Gasteiger partial charge in [0.25, 0.3) is 5.56 Å². The summed E-state index contributed by atoms with van der Waals surface area (Å²) in [5, 5.41) is 8.25. The largest absolute Gasteiger partial charge is 0.372 e. The Morgan fingerprint density at radius 2 is 2.12 bits per heavy atom. The quantitative estimate of drug-likeness (QED) is 0.770. The van der Waals surface area contributed by atoms with E-state index < -0.39 is 0 Å². The molecule has 0 aliphatic heterocycles. The van der Waals surface area contributed by atoms with Crippen LogP contribution in [0.15, 0.2) is 35.1 Å². The molecule has 2 heterocycles. The monoisotopic (exact) mass is 343 g/mol. The van der Waals surface area contributed by atoms with Gasteiger partial charge in [-0.1, -0.05) is 24.3 Å². The summed E-state index contributed by atoms with van der Waals surface area (Å²) in [5.41, 5.74) is 2.70. The van der Waals surface area contributed by atoms with E-state index in [1.165, 1.54) is 21.9 Å². The maximum Gasteiger partial charge on any atom is 0.275 e. The van der Waals surface area contributed by atoms with Crippen molar-refractivity contribution in [2.75, 3.05) is 17.3 Å². The first-order chi connectivity index (χ1) is 11.5. The van der Waals surface area contributed by atoms with Crippen LogP contribution in [-0.2, 0) is 6.42 Å². The predicted molar refractivity (Wildman–Crippen MR) is 99.8 cm³/mol. The van der Waals surface area contributed by atoms with E-state index in [1.807, 2.05) is 19.1 Å². The first kappa shape index (κ1) is 16.4. The van der Waals surface area contributed by atoms with Gasteiger partial charge in [-0.25, -0.2) is 4.98 Å². The third kappa shape index (κ3) is 3.26. The van der Waals surface area contributed by atoms with Gasteiger partial charge >= 0.3 is 0 Å². The van der Waals surface area contributed by atoms with Gasteiger partial charge in [0, 0.05) is 36.2 Å². The van der Waals surface area contributed by atoms with Crippen molar-refractivity contribution < 1.29 is 0 Å². The van der Waals surface area contributed by atoms with Crippen LogP contribution >= 0.6 is 11.3 Å². The average molecular weight is 343 g/mol. The highest BCUT2D eigenvalue weighted by Crippen LogP contribution is 2.25. The van der Waals surface area contributed by atoms with Crippen molar-refractivity contribution in [3.8, 4) is 0 Å². The summed E-state index contributed by atoms with van der Waals surface area (Å²) in [6.45, 7) is 6.28. The number of rotatable bonds is 5. The van der Waals surface area contributed by atoms with Crippen LogP contribution in [0.1, 0.15) is 26.5 Å². The maximum atomic E-state index is 12.1. The minimum Gasteiger partial charge on any atom is -0.372 e. The first-order valence-electron chi connectivity index (χ1n) is 7.97. The fourth-order valence-corrected chi connectivity index (χ4v) is 3.16. The molecule has 0 fully saturated rings. The van der Waals surface area contributed by atoms with Gasteiger partial charge in [-0.3, -0.25) is 4.79 Å². The SMILES string of the molecule is CCc1cc(=O)n2nc(Nc3cccc(N(C)C(C)C)c3)sc2n1. The number of fused-ring (bicyclic) bond motifs is 1. The third-order valence-corrected chi connectivity index (χ3v) is 4.76. The third-order valence-electron chi connectivity index (χ3n) is 3.94. The second-order valence-electron chi connectivity index (χ2n) is 5.92. The first-order valence-corrected chi connectivity index (χ1v) is 8.79. The van der Waals surface area contributed by atoms with E-state index in [2.05, 4.69) is 53.3 Å². The van der Waals surface area contributed by atoms with Gasteiger partial charge in [-0.2, -0.15) is 4.52 Å². The van der Waals surface area contributed by atoms with Crippen LogP contribution in [0, 0.1) is 0 Å². The molecule has 1 N–H and O–H groups in total. The molecule has 24 heavy (non-hydrogen) atoms. The van der Waals surface area contributed by atoms with Gasteiger partial charge in [0.2, 0.25) is 10.1 Å². The number of benzene rings is 1. The number of hydrogen-bond acceptors (Lipinski definition) is 6. The molecule has 6 nitrogen and oxygen atoms in total. The van der Waals surface area contributed by atoms with Crippen LogP contribution in [0.5, 0.6) is 0 Å². The second kappa shape index (κ2) is 6.60. The van der Waals surface area contributed by atoms with Gasteiger partial charge in [-0.15, -0.1) is 5.10 Å². The van der Waals surface area contributed by atoms with Crippen molar-refractivity contribution in [2.24, 2.45) is 0 Å². The summed E-state index contributed by atoms with van der Waals surface area (Å²) >= 11 is 1.37. The molecule has 3 rings (SSSR count). The molecule has 0 unspecified atom stereocenters. The summed E-state index contributed by atoms with van der Waals surface area (Å²) in [4.78, 5) is 19.3. The highest BCUT2D eigenvalue weighted by molar-refractivity contribution is 7.20. The van der Waals surface area contributed by atoms with Crippen molar-refractivity contribution in [1.29, 1.82) is 0 Å². The summed E-state index contributed by atoms with van der Waals surface area (Å²) in [7, 11) is 2.07. The fourth-order valence-electron chi connectivity index (χ4n) is 2.31. The number of aromatic nitrogens is 3. The molecule has 2 aromatic heterocycles. The van der Waals surface area contributed by atoms with E-state index in [0.717, 1.165) is 23.5 Å². The lowest BCUT2D eigenvalue weighted by Gasteiger charge is -2.24. The minimum atomic E-state index is -0.144. The molecule has 0 atom stereocenters. The van der Waals surface area contributed by atoms with Crippen LogP contribution < -0.4 is 15.8 Å². The summed E-state index contributed by atoms with van der Waals surface area (Å²) in [6.07, 6.45) is 0.732. The van der Waals surface area contributed by atoms with E-state index in [4.69, 9.17) is 0 Å². The zero-order valence-electron chi connectivity index (χ0n) is 14.3. The molecule has 0 aliphatic rings. The Bertz CT molecular complexity index is 915. The van der Waals surface area contributed by atoms with Gasteiger partial charge in [0.15, 0.2) is 0 Å². The van der Waals surface area contributed by atoms with E-state index >= 15 is 0 Å². The Labute approximate surface area is 144 Å². The summed E-state index contributed by atoms with van der Waals surface area (Å²) in [5.74, 6) is 0. The molecule has 0 saturated carbocycles. The van der Waals surface area contributed by atoms with Crippen molar-refractivity contribution in [3.63, 3.8) is 0 Å². The fraction of sp³-hybridized carbons (Fsp3) is 0.353. The van der Waals surface area contributed by atoms with Gasteiger partial charge < -0.3 is 10.2 Å². The molecule has 0 bridgehead atoms. The minimum absolute atomic E-state index is 0.144. The molecule has 126 valence electrons. The molecule has 0 amide bonds. The van der Waals surface area contributed by atoms with Crippen LogP contribution in [-0.4, -0.2) is 27.7 Å². The van der Waals surface area contributed by atoms with Crippen LogP contribution in [0.3, 0.4) is 0 Å². The number of nitrogens with one attached hydrogen (secondary N) is 1. The van der Waals surface area contributed by atoms with Crippen molar-refractivity contribution in [2.45, 2.75) is 33.2 Å². The Kier molecular flexibility index (Phi) is 4.53. The second-order valence-corrected chi connectivity index (χ2v) is 6.88. The van der Waals surface area contributed by atoms with E-state index in [9.17, 15) is 4.79 Å². The molecule has 3 aromatic rings. The molecule has 0 radical (unpaired) electrons. The standard InChI is InChI=1S/C17H21N5OS/c1-5-12-10-15(23)22-17(19-12)24-16(20-22)18-13-7-6-8-14(9-13)21(4)11(2)3/h6-11H,5H2,1-4H3,(H,18,20). The van der Waals surface area contributed by atoms with Gasteiger partial charge in [-0.05, 0) is 38.5 Å². The van der Waals surface area contributed by atoms with Crippen LogP contribution in [0.25, 0.3) is 4.96 Å². The predicted octanol–water partition coefficient (Wildman–Crippen LogP) is 3.30. The number of nitrogens with zero attached hydrogens (tertiary/aromatic N) is 4. The van der Waals surface area contributed by atoms with E-state index in [-0.39, 0.29) is 5.56 Å². The molecule has 0 saturated heterocycles. The maximum absolute atomic E-state index is 12.1. The molecular weight excluding hydrogens is 322 g/mol. The number of anilines is 3.